The van der Waals surface area contributed by atoms with Crippen LogP contribution in [0.4, 0.5) is 10.1 Å². The van der Waals surface area contributed by atoms with Crippen LogP contribution in [-0.2, 0) is 0 Å². The van der Waals surface area contributed by atoms with Gasteiger partial charge in [-0.2, -0.15) is 0 Å². The molecule has 1 nitrogen and oxygen atoms in total. The highest BCUT2D eigenvalue weighted by Crippen LogP contribution is 2.23. The third-order valence-corrected chi connectivity index (χ3v) is 2.70. The number of hydrogen-bond acceptors (Lipinski definition) is 1. The molecule has 0 bridgehead atoms. The Bertz CT molecular complexity index is 537. The van der Waals surface area contributed by atoms with Crippen molar-refractivity contribution < 1.29 is 4.39 Å². The van der Waals surface area contributed by atoms with Crippen molar-refractivity contribution in [3.8, 4) is 11.1 Å². The minimum atomic E-state index is -0.377. The smallest absolute Gasteiger partial charge is 0.117 e. The average molecular weight is 225 g/mol. The summed E-state index contributed by atoms with van der Waals surface area (Å²) in [7, 11) is 9.41. The van der Waals surface area contributed by atoms with Crippen LogP contribution < -0.4 is 10.4 Å². The van der Waals surface area contributed by atoms with Crippen molar-refractivity contribution in [2.45, 2.75) is 0 Å². The normalized spacial score (nSPS) is 10.3. The zero-order valence-electron chi connectivity index (χ0n) is 9.94. The van der Waals surface area contributed by atoms with Crippen LogP contribution in [0.5, 0.6) is 0 Å². The number of nitrogens with zero attached hydrogens (tertiary/aromatic N) is 1. The van der Waals surface area contributed by atoms with Gasteiger partial charge in [-0.05, 0) is 29.3 Å². The molecule has 2 radical (unpaired) electrons. The van der Waals surface area contributed by atoms with E-state index in [2.05, 4.69) is 0 Å². The first kappa shape index (κ1) is 11.7. The zero-order valence-corrected chi connectivity index (χ0v) is 9.94. The molecule has 0 heterocycles. The first-order chi connectivity index (χ1) is 8.08. The Morgan fingerprint density at radius 2 is 1.71 bits per heavy atom. The molecule has 0 unspecified atom stereocenters. The van der Waals surface area contributed by atoms with E-state index in [1.165, 1.54) is 6.07 Å². The third-order valence-electron chi connectivity index (χ3n) is 2.70. The molecule has 17 heavy (non-hydrogen) atoms. The molecule has 0 N–H and O–H groups in total. The fraction of sp³-hybridized carbons (Fsp3) is 0.143. The maximum atomic E-state index is 13.4. The topological polar surface area (TPSA) is 3.24 Å². The van der Waals surface area contributed by atoms with Gasteiger partial charge in [-0.1, -0.05) is 29.7 Å². The maximum Gasteiger partial charge on any atom is 0.117 e. The molecule has 0 aliphatic carbocycles. The lowest BCUT2D eigenvalue weighted by atomic mass is 9.93. The van der Waals surface area contributed by atoms with Gasteiger partial charge in [-0.25, -0.2) is 4.39 Å². The molecule has 0 aliphatic heterocycles. The summed E-state index contributed by atoms with van der Waals surface area (Å²) < 4.78 is 13.4. The van der Waals surface area contributed by atoms with Gasteiger partial charge in [0.15, 0.2) is 0 Å². The molecule has 0 atom stereocenters. The van der Waals surface area contributed by atoms with Gasteiger partial charge in [0.05, 0.1) is 0 Å². The molecule has 84 valence electrons. The largest absolute Gasteiger partial charge is 0.378 e. The second kappa shape index (κ2) is 4.62. The lowest BCUT2D eigenvalue weighted by Gasteiger charge is -2.13. The van der Waals surface area contributed by atoms with Crippen molar-refractivity contribution in [3.05, 3.63) is 48.3 Å². The van der Waals surface area contributed by atoms with Gasteiger partial charge in [0.25, 0.3) is 0 Å². The second-order valence-electron chi connectivity index (χ2n) is 4.18. The number of halogens is 1. The predicted octanol–water partition coefficient (Wildman–Crippen LogP) is 2.35. The summed E-state index contributed by atoms with van der Waals surface area (Å²) in [5.41, 5.74) is 3.08. The molecular formula is C14H13BFN. The van der Waals surface area contributed by atoms with Crippen LogP contribution in [0.2, 0.25) is 0 Å². The maximum absolute atomic E-state index is 13.4. The Hall–Kier alpha value is -1.77. The molecular weight excluding hydrogens is 212 g/mol. The molecule has 0 saturated heterocycles. The van der Waals surface area contributed by atoms with E-state index in [9.17, 15) is 4.39 Å². The van der Waals surface area contributed by atoms with Crippen LogP contribution in [0, 0.1) is 5.82 Å². The predicted molar refractivity (Wildman–Crippen MR) is 71.6 cm³/mol. The third kappa shape index (κ3) is 2.49. The summed E-state index contributed by atoms with van der Waals surface area (Å²) in [6, 6.07) is 12.8. The van der Waals surface area contributed by atoms with Crippen molar-refractivity contribution in [2.75, 3.05) is 19.0 Å². The average Bonchev–Trinajstić information content (AvgIpc) is 2.33. The van der Waals surface area contributed by atoms with Crippen LogP contribution >= 0.6 is 0 Å². The second-order valence-corrected chi connectivity index (χ2v) is 4.18. The molecule has 2 rings (SSSR count). The highest BCUT2D eigenvalue weighted by molar-refractivity contribution is 6.32. The van der Waals surface area contributed by atoms with Crippen molar-refractivity contribution >= 4 is 19.0 Å². The van der Waals surface area contributed by atoms with E-state index in [4.69, 9.17) is 7.85 Å². The van der Waals surface area contributed by atoms with E-state index in [-0.39, 0.29) is 11.3 Å². The van der Waals surface area contributed by atoms with Crippen molar-refractivity contribution in [1.29, 1.82) is 0 Å². The molecule has 0 aromatic heterocycles. The highest BCUT2D eigenvalue weighted by Gasteiger charge is 2.03. The Labute approximate surface area is 102 Å². The van der Waals surface area contributed by atoms with Crippen LogP contribution in [0.15, 0.2) is 42.5 Å². The molecule has 2 aromatic rings. The molecule has 0 fully saturated rings. The minimum Gasteiger partial charge on any atom is -0.378 e. The number of anilines is 1. The quantitative estimate of drug-likeness (QED) is 0.709. The van der Waals surface area contributed by atoms with Gasteiger partial charge < -0.3 is 4.90 Å². The van der Waals surface area contributed by atoms with Crippen LogP contribution in [-0.4, -0.2) is 21.9 Å². The molecule has 0 amide bonds. The summed E-state index contributed by atoms with van der Waals surface area (Å²) in [4.78, 5) is 2.01. The lowest BCUT2D eigenvalue weighted by molar-refractivity contribution is 0.636. The SMILES string of the molecule is [B]c1ccc(-c2cccc(N(C)C)c2)cc1F. The van der Waals surface area contributed by atoms with E-state index >= 15 is 0 Å². The van der Waals surface area contributed by atoms with E-state index in [1.807, 2.05) is 49.3 Å². The van der Waals surface area contributed by atoms with Crippen LogP contribution in [0.3, 0.4) is 0 Å². The highest BCUT2D eigenvalue weighted by atomic mass is 19.1. The zero-order chi connectivity index (χ0) is 12.4. The van der Waals surface area contributed by atoms with Crippen molar-refractivity contribution in [3.63, 3.8) is 0 Å². The first-order valence-electron chi connectivity index (χ1n) is 5.41. The Balaban J connectivity index is 2.45. The van der Waals surface area contributed by atoms with Crippen LogP contribution in [0.1, 0.15) is 0 Å². The van der Waals surface area contributed by atoms with E-state index in [0.29, 0.717) is 0 Å². The fourth-order valence-electron chi connectivity index (χ4n) is 1.67. The Kier molecular flexibility index (Phi) is 3.18. The first-order valence-corrected chi connectivity index (χ1v) is 5.41. The van der Waals surface area contributed by atoms with Crippen molar-refractivity contribution in [1.82, 2.24) is 0 Å². The summed E-state index contributed by atoms with van der Waals surface area (Å²) in [5.74, 6) is -0.377. The summed E-state index contributed by atoms with van der Waals surface area (Å²) in [6.07, 6.45) is 0. The van der Waals surface area contributed by atoms with Gasteiger partial charge in [0.1, 0.15) is 13.7 Å². The minimum absolute atomic E-state index is 0.178. The van der Waals surface area contributed by atoms with Gasteiger partial charge >= 0.3 is 0 Å². The summed E-state index contributed by atoms with van der Waals surface area (Å²) >= 11 is 0. The van der Waals surface area contributed by atoms with Gasteiger partial charge in [-0.15, -0.1) is 0 Å². The summed E-state index contributed by atoms with van der Waals surface area (Å²) in [6.45, 7) is 0. The van der Waals surface area contributed by atoms with E-state index in [1.54, 1.807) is 6.07 Å². The van der Waals surface area contributed by atoms with Crippen LogP contribution in [0.25, 0.3) is 11.1 Å². The van der Waals surface area contributed by atoms with Gasteiger partial charge in [0.2, 0.25) is 0 Å². The Morgan fingerprint density at radius 3 is 2.35 bits per heavy atom. The molecule has 2 aromatic carbocycles. The number of hydrogen-bond donors (Lipinski definition) is 0. The van der Waals surface area contributed by atoms with E-state index < -0.39 is 0 Å². The Morgan fingerprint density at radius 1 is 1.00 bits per heavy atom. The summed E-state index contributed by atoms with van der Waals surface area (Å²) in [5, 5.41) is 0. The standard InChI is InChI=1S/C14H13BFN/c1-17(2)12-5-3-4-10(8-12)11-6-7-13(15)14(16)9-11/h3-9H,1-2H3. The van der Waals surface area contributed by atoms with Crippen molar-refractivity contribution in [2.24, 2.45) is 0 Å². The molecule has 0 aliphatic rings. The molecule has 0 saturated carbocycles. The molecule has 0 spiro atoms. The van der Waals surface area contributed by atoms with E-state index in [0.717, 1.165) is 16.8 Å². The fourth-order valence-corrected chi connectivity index (χ4v) is 1.67. The number of rotatable bonds is 2. The number of benzene rings is 2. The van der Waals surface area contributed by atoms with Gasteiger partial charge in [0, 0.05) is 19.8 Å². The monoisotopic (exact) mass is 225 g/mol. The van der Waals surface area contributed by atoms with Gasteiger partial charge in [-0.3, -0.25) is 0 Å². The molecule has 3 heteroatoms. The lowest BCUT2D eigenvalue weighted by Crippen LogP contribution is -2.09.